The van der Waals surface area contributed by atoms with Crippen molar-refractivity contribution in [2.75, 3.05) is 26.2 Å². The van der Waals surface area contributed by atoms with Gasteiger partial charge in [0.1, 0.15) is 0 Å². The number of nitrogens with zero attached hydrogens (tertiary/aromatic N) is 1. The van der Waals surface area contributed by atoms with Gasteiger partial charge in [0.2, 0.25) is 0 Å². The molecule has 0 radical (unpaired) electrons. The number of carbonyl (C=O) groups is 1. The second kappa shape index (κ2) is 2.70. The molecule has 0 aromatic carbocycles. The van der Waals surface area contributed by atoms with Gasteiger partial charge in [-0.1, -0.05) is 0 Å². The van der Waals surface area contributed by atoms with Gasteiger partial charge in [0, 0.05) is 13.1 Å². The van der Waals surface area contributed by atoms with E-state index in [0.29, 0.717) is 6.10 Å². The highest BCUT2D eigenvalue weighted by atomic mass is 16.6. The van der Waals surface area contributed by atoms with E-state index in [1.165, 1.54) is 0 Å². The zero-order valence-corrected chi connectivity index (χ0v) is 6.38. The van der Waals surface area contributed by atoms with Crippen LogP contribution >= 0.6 is 0 Å². The third-order valence-electron chi connectivity index (χ3n) is 1.99. The van der Waals surface area contributed by atoms with Gasteiger partial charge in [-0.3, -0.25) is 0 Å². The van der Waals surface area contributed by atoms with Gasteiger partial charge in [-0.05, 0) is 6.42 Å². The summed E-state index contributed by atoms with van der Waals surface area (Å²) in [6.45, 7) is 3.29. The van der Waals surface area contributed by atoms with Crippen LogP contribution in [0.5, 0.6) is 0 Å². The van der Waals surface area contributed by atoms with Crippen LogP contribution in [0.25, 0.3) is 0 Å². The number of carbonyl (C=O) groups excluding carboxylic acids is 1. The first kappa shape index (κ1) is 6.91. The van der Waals surface area contributed by atoms with Crippen LogP contribution in [0.3, 0.4) is 0 Å². The lowest BCUT2D eigenvalue weighted by atomic mass is 10.3. The first-order valence-electron chi connectivity index (χ1n) is 4.00. The minimum absolute atomic E-state index is 0.0618. The van der Waals surface area contributed by atoms with Crippen molar-refractivity contribution in [3.05, 3.63) is 0 Å². The molecule has 2 aliphatic rings. The van der Waals surface area contributed by atoms with Gasteiger partial charge < -0.3 is 15.0 Å². The predicted molar refractivity (Wildman–Crippen MR) is 39.3 cm³/mol. The Kier molecular flexibility index (Phi) is 1.69. The monoisotopic (exact) mass is 156 g/mol. The smallest absolute Gasteiger partial charge is 0.317 e. The molecule has 2 fully saturated rings. The van der Waals surface area contributed by atoms with Crippen LogP contribution in [0.15, 0.2) is 0 Å². The number of amides is 2. The lowest BCUT2D eigenvalue weighted by molar-refractivity contribution is 0.180. The summed E-state index contributed by atoms with van der Waals surface area (Å²) in [6, 6.07) is 0.0618. The van der Waals surface area contributed by atoms with Crippen molar-refractivity contribution in [1.29, 1.82) is 0 Å². The molecule has 2 amide bonds. The molecule has 4 nitrogen and oxygen atoms in total. The van der Waals surface area contributed by atoms with Crippen molar-refractivity contribution in [2.24, 2.45) is 0 Å². The van der Waals surface area contributed by atoms with Crippen molar-refractivity contribution >= 4 is 6.03 Å². The number of hydrogen-bond acceptors (Lipinski definition) is 2. The van der Waals surface area contributed by atoms with Crippen LogP contribution in [0, 0.1) is 0 Å². The number of hydrogen-bond donors (Lipinski definition) is 1. The van der Waals surface area contributed by atoms with Crippen molar-refractivity contribution in [3.63, 3.8) is 0 Å². The molecule has 0 spiro atoms. The molecule has 1 atom stereocenters. The van der Waals surface area contributed by atoms with E-state index in [2.05, 4.69) is 5.32 Å². The van der Waals surface area contributed by atoms with Crippen molar-refractivity contribution in [2.45, 2.75) is 12.5 Å². The van der Waals surface area contributed by atoms with Gasteiger partial charge in [0.05, 0.1) is 19.3 Å². The fraction of sp³-hybridized carbons (Fsp3) is 0.857. The second-order valence-electron chi connectivity index (χ2n) is 2.99. The standard InChI is InChI=1S/C7H12N2O2/c10-7-8-2-1-3-9(7)4-6-5-11-6/h6H,1-5H2,(H,8,10). The Morgan fingerprint density at radius 3 is 3.18 bits per heavy atom. The van der Waals surface area contributed by atoms with Gasteiger partial charge in [-0.25, -0.2) is 4.79 Å². The highest BCUT2D eigenvalue weighted by Gasteiger charge is 2.28. The summed E-state index contributed by atoms with van der Waals surface area (Å²) >= 11 is 0. The summed E-state index contributed by atoms with van der Waals surface area (Å²) in [4.78, 5) is 12.9. The molecule has 4 heteroatoms. The third kappa shape index (κ3) is 1.63. The van der Waals surface area contributed by atoms with E-state index in [1.807, 2.05) is 4.90 Å². The maximum Gasteiger partial charge on any atom is 0.317 e. The Morgan fingerprint density at radius 2 is 2.55 bits per heavy atom. The minimum Gasteiger partial charge on any atom is -0.371 e. The average Bonchev–Trinajstić information content (AvgIpc) is 2.78. The Hall–Kier alpha value is -0.770. The fourth-order valence-corrected chi connectivity index (χ4v) is 1.27. The summed E-state index contributed by atoms with van der Waals surface area (Å²) in [5.74, 6) is 0. The number of nitrogens with one attached hydrogen (secondary N) is 1. The van der Waals surface area contributed by atoms with Gasteiger partial charge in [-0.15, -0.1) is 0 Å². The van der Waals surface area contributed by atoms with E-state index in [1.54, 1.807) is 0 Å². The molecule has 2 saturated heterocycles. The normalized spacial score (nSPS) is 30.0. The SMILES string of the molecule is O=C1NCCCN1CC1CO1. The van der Waals surface area contributed by atoms with Gasteiger partial charge in [0.15, 0.2) is 0 Å². The van der Waals surface area contributed by atoms with Crippen LogP contribution in [0.1, 0.15) is 6.42 Å². The van der Waals surface area contributed by atoms with Crippen molar-refractivity contribution < 1.29 is 9.53 Å². The maximum absolute atomic E-state index is 11.1. The molecular weight excluding hydrogens is 144 g/mol. The minimum atomic E-state index is 0.0618. The van der Waals surface area contributed by atoms with E-state index in [0.717, 1.165) is 32.7 Å². The van der Waals surface area contributed by atoms with Crippen LogP contribution in [0.2, 0.25) is 0 Å². The van der Waals surface area contributed by atoms with E-state index in [9.17, 15) is 4.79 Å². The molecule has 62 valence electrons. The summed E-state index contributed by atoms with van der Waals surface area (Å²) in [5.41, 5.74) is 0. The number of urea groups is 1. The topological polar surface area (TPSA) is 44.9 Å². The Morgan fingerprint density at radius 1 is 1.73 bits per heavy atom. The first-order chi connectivity index (χ1) is 5.36. The molecule has 11 heavy (non-hydrogen) atoms. The molecule has 0 aromatic rings. The quantitative estimate of drug-likeness (QED) is 0.563. The van der Waals surface area contributed by atoms with Crippen molar-refractivity contribution in [3.8, 4) is 0 Å². The Bertz CT molecular complexity index is 168. The van der Waals surface area contributed by atoms with E-state index in [4.69, 9.17) is 4.74 Å². The predicted octanol–water partition coefficient (Wildman–Crippen LogP) is -0.200. The van der Waals surface area contributed by atoms with Crippen LogP contribution in [0.4, 0.5) is 4.79 Å². The summed E-state index contributed by atoms with van der Waals surface area (Å²) < 4.78 is 5.04. The van der Waals surface area contributed by atoms with Crippen LogP contribution < -0.4 is 5.32 Å². The highest BCUT2D eigenvalue weighted by molar-refractivity contribution is 5.74. The van der Waals surface area contributed by atoms with E-state index >= 15 is 0 Å². The molecule has 0 saturated carbocycles. The molecule has 2 aliphatic heterocycles. The molecule has 2 rings (SSSR count). The summed E-state index contributed by atoms with van der Waals surface area (Å²) in [7, 11) is 0. The van der Waals surface area contributed by atoms with Gasteiger partial charge in [0.25, 0.3) is 0 Å². The van der Waals surface area contributed by atoms with E-state index in [-0.39, 0.29) is 6.03 Å². The largest absolute Gasteiger partial charge is 0.371 e. The lowest BCUT2D eigenvalue weighted by Crippen LogP contribution is -2.47. The van der Waals surface area contributed by atoms with Gasteiger partial charge in [-0.2, -0.15) is 0 Å². The molecule has 1 unspecified atom stereocenters. The first-order valence-corrected chi connectivity index (χ1v) is 4.00. The molecule has 0 bridgehead atoms. The molecule has 1 N–H and O–H groups in total. The zero-order valence-electron chi connectivity index (χ0n) is 6.38. The number of ether oxygens (including phenoxy) is 1. The molecule has 0 aromatic heterocycles. The Balaban J connectivity index is 1.83. The molecule has 2 heterocycles. The fourth-order valence-electron chi connectivity index (χ4n) is 1.27. The van der Waals surface area contributed by atoms with E-state index < -0.39 is 0 Å². The molecule has 0 aliphatic carbocycles. The van der Waals surface area contributed by atoms with Crippen LogP contribution in [-0.2, 0) is 4.74 Å². The zero-order chi connectivity index (χ0) is 7.68. The molecular formula is C7H12N2O2. The number of epoxide rings is 1. The van der Waals surface area contributed by atoms with Gasteiger partial charge >= 0.3 is 6.03 Å². The maximum atomic E-state index is 11.1. The lowest BCUT2D eigenvalue weighted by Gasteiger charge is -2.26. The third-order valence-corrected chi connectivity index (χ3v) is 1.99. The number of rotatable bonds is 2. The summed E-state index contributed by atoms with van der Waals surface area (Å²) in [6.07, 6.45) is 1.37. The average molecular weight is 156 g/mol. The Labute approximate surface area is 65.5 Å². The van der Waals surface area contributed by atoms with Crippen LogP contribution in [-0.4, -0.2) is 43.3 Å². The van der Waals surface area contributed by atoms with Crippen molar-refractivity contribution in [1.82, 2.24) is 10.2 Å². The summed E-state index contributed by atoms with van der Waals surface area (Å²) in [5, 5.41) is 2.80. The second-order valence-corrected chi connectivity index (χ2v) is 2.99. The highest BCUT2D eigenvalue weighted by Crippen LogP contribution is 2.12.